The molecule has 124 valence electrons. The summed E-state index contributed by atoms with van der Waals surface area (Å²) in [7, 11) is 1.37. The van der Waals surface area contributed by atoms with Crippen molar-refractivity contribution in [3.05, 3.63) is 0 Å². The van der Waals surface area contributed by atoms with Crippen LogP contribution in [0.25, 0.3) is 0 Å². The first-order valence-electron chi connectivity index (χ1n) is 7.78. The van der Waals surface area contributed by atoms with Crippen LogP contribution in [-0.2, 0) is 14.3 Å². The van der Waals surface area contributed by atoms with Gasteiger partial charge in [-0.3, -0.25) is 14.9 Å². The van der Waals surface area contributed by atoms with Crippen molar-refractivity contribution in [2.45, 2.75) is 47.6 Å². The molecular weight excluding hydrogens is 268 g/mol. The number of rotatable bonds is 9. The van der Waals surface area contributed by atoms with Gasteiger partial charge in [-0.05, 0) is 17.8 Å². The minimum absolute atomic E-state index is 0.0342. The quantitative estimate of drug-likeness (QED) is 0.661. The van der Waals surface area contributed by atoms with E-state index in [2.05, 4.69) is 33.0 Å². The maximum absolute atomic E-state index is 12.4. The summed E-state index contributed by atoms with van der Waals surface area (Å²) in [5, 5.41) is 3.03. The van der Waals surface area contributed by atoms with E-state index in [1.54, 1.807) is 0 Å². The fourth-order valence-corrected chi connectivity index (χ4v) is 2.19. The van der Waals surface area contributed by atoms with Gasteiger partial charge in [0.25, 0.3) is 0 Å². The molecule has 0 rings (SSSR count). The van der Waals surface area contributed by atoms with Crippen LogP contribution in [0.5, 0.6) is 0 Å². The molecule has 0 spiro atoms. The van der Waals surface area contributed by atoms with Gasteiger partial charge in [-0.2, -0.15) is 0 Å². The number of esters is 1. The molecule has 5 heteroatoms. The lowest BCUT2D eigenvalue weighted by Crippen LogP contribution is -2.48. The van der Waals surface area contributed by atoms with E-state index in [0.717, 1.165) is 13.1 Å². The number of carbonyl (C=O) groups excluding carboxylic acids is 2. The maximum atomic E-state index is 12.4. The van der Waals surface area contributed by atoms with Crippen LogP contribution >= 0.6 is 0 Å². The van der Waals surface area contributed by atoms with E-state index < -0.39 is 6.04 Å². The fraction of sp³-hybridized carbons (Fsp3) is 0.875. The lowest BCUT2D eigenvalue weighted by atomic mass is 10.0. The highest BCUT2D eigenvalue weighted by molar-refractivity contribution is 5.80. The Bertz CT molecular complexity index is 317. The molecule has 21 heavy (non-hydrogen) atoms. The summed E-state index contributed by atoms with van der Waals surface area (Å²) in [6.45, 7) is 13.9. The van der Waals surface area contributed by atoms with E-state index in [-0.39, 0.29) is 24.3 Å². The molecule has 0 aliphatic heterocycles. The average Bonchev–Trinajstić information content (AvgIpc) is 2.35. The number of nitrogens with zero attached hydrogens (tertiary/aromatic N) is 1. The first kappa shape index (κ1) is 19.9. The van der Waals surface area contributed by atoms with Gasteiger partial charge in [0.05, 0.1) is 13.7 Å². The van der Waals surface area contributed by atoms with Gasteiger partial charge in [0, 0.05) is 13.1 Å². The zero-order valence-electron chi connectivity index (χ0n) is 14.6. The summed E-state index contributed by atoms with van der Waals surface area (Å²) in [5.74, 6) is 0.640. The van der Waals surface area contributed by atoms with Crippen LogP contribution in [0.3, 0.4) is 0 Å². The molecule has 0 aliphatic carbocycles. The predicted molar refractivity (Wildman–Crippen MR) is 84.9 cm³/mol. The third kappa shape index (κ3) is 8.05. The molecule has 0 aromatic heterocycles. The molecule has 0 saturated carbocycles. The van der Waals surface area contributed by atoms with E-state index in [1.807, 2.05) is 18.7 Å². The van der Waals surface area contributed by atoms with Gasteiger partial charge < -0.3 is 9.64 Å². The van der Waals surface area contributed by atoms with Crippen molar-refractivity contribution in [2.24, 2.45) is 17.8 Å². The van der Waals surface area contributed by atoms with Crippen LogP contribution in [0, 0.1) is 17.8 Å². The van der Waals surface area contributed by atoms with Crippen molar-refractivity contribution in [1.29, 1.82) is 0 Å². The molecule has 1 amide bonds. The number of hydrogen-bond donors (Lipinski definition) is 1. The highest BCUT2D eigenvalue weighted by atomic mass is 16.5. The third-order valence-corrected chi connectivity index (χ3v) is 3.12. The minimum Gasteiger partial charge on any atom is -0.468 e. The largest absolute Gasteiger partial charge is 0.468 e. The first-order chi connectivity index (χ1) is 9.68. The SMILES string of the molecule is COC(=O)C(NCC(=O)N(CC(C)C)CC(C)C)C(C)C. The third-order valence-electron chi connectivity index (χ3n) is 3.12. The summed E-state index contributed by atoms with van der Waals surface area (Å²) in [4.78, 5) is 25.9. The normalized spacial score (nSPS) is 12.9. The van der Waals surface area contributed by atoms with E-state index in [1.165, 1.54) is 7.11 Å². The predicted octanol–water partition coefficient (Wildman–Crippen LogP) is 1.91. The lowest BCUT2D eigenvalue weighted by Gasteiger charge is -2.28. The molecule has 5 nitrogen and oxygen atoms in total. The number of hydrogen-bond acceptors (Lipinski definition) is 4. The van der Waals surface area contributed by atoms with Crippen LogP contribution < -0.4 is 5.32 Å². The molecule has 0 fully saturated rings. The fourth-order valence-electron chi connectivity index (χ4n) is 2.19. The molecule has 1 N–H and O–H groups in total. The highest BCUT2D eigenvalue weighted by Gasteiger charge is 2.24. The smallest absolute Gasteiger partial charge is 0.323 e. The second-order valence-electron chi connectivity index (χ2n) is 6.71. The Labute approximate surface area is 129 Å². The zero-order valence-corrected chi connectivity index (χ0v) is 14.6. The van der Waals surface area contributed by atoms with Crippen LogP contribution in [0.2, 0.25) is 0 Å². The van der Waals surface area contributed by atoms with Gasteiger partial charge in [-0.1, -0.05) is 41.5 Å². The monoisotopic (exact) mass is 300 g/mol. The Morgan fingerprint density at radius 2 is 1.48 bits per heavy atom. The van der Waals surface area contributed by atoms with Crippen LogP contribution in [0.4, 0.5) is 0 Å². The number of methoxy groups -OCH3 is 1. The zero-order chi connectivity index (χ0) is 16.6. The summed E-state index contributed by atoms with van der Waals surface area (Å²) in [5.41, 5.74) is 0. The van der Waals surface area contributed by atoms with Crippen LogP contribution in [0.1, 0.15) is 41.5 Å². The summed E-state index contributed by atoms with van der Waals surface area (Å²) in [6.07, 6.45) is 0. The lowest BCUT2D eigenvalue weighted by molar-refractivity contribution is -0.144. The Kier molecular flexibility index (Phi) is 9.26. The van der Waals surface area contributed by atoms with Crippen molar-refractivity contribution in [3.8, 4) is 0 Å². The van der Waals surface area contributed by atoms with Crippen molar-refractivity contribution < 1.29 is 14.3 Å². The number of ether oxygens (including phenoxy) is 1. The highest BCUT2D eigenvalue weighted by Crippen LogP contribution is 2.06. The van der Waals surface area contributed by atoms with E-state index >= 15 is 0 Å². The second-order valence-corrected chi connectivity index (χ2v) is 6.71. The van der Waals surface area contributed by atoms with E-state index in [0.29, 0.717) is 11.8 Å². The van der Waals surface area contributed by atoms with Crippen molar-refractivity contribution >= 4 is 11.9 Å². The Morgan fingerprint density at radius 1 is 1.00 bits per heavy atom. The summed E-state index contributed by atoms with van der Waals surface area (Å²) >= 11 is 0. The second kappa shape index (κ2) is 9.77. The van der Waals surface area contributed by atoms with Gasteiger partial charge in [-0.25, -0.2) is 0 Å². The maximum Gasteiger partial charge on any atom is 0.323 e. The van der Waals surface area contributed by atoms with Crippen molar-refractivity contribution in [3.63, 3.8) is 0 Å². The van der Waals surface area contributed by atoms with E-state index in [9.17, 15) is 9.59 Å². The van der Waals surface area contributed by atoms with Gasteiger partial charge in [0.2, 0.25) is 5.91 Å². The number of amides is 1. The van der Waals surface area contributed by atoms with Gasteiger partial charge in [0.1, 0.15) is 6.04 Å². The molecule has 0 aromatic rings. The average molecular weight is 300 g/mol. The molecule has 0 aromatic carbocycles. The Morgan fingerprint density at radius 3 is 1.81 bits per heavy atom. The van der Waals surface area contributed by atoms with Crippen LogP contribution in [-0.4, -0.2) is 49.6 Å². The van der Waals surface area contributed by atoms with Gasteiger partial charge in [-0.15, -0.1) is 0 Å². The summed E-state index contributed by atoms with van der Waals surface area (Å²) in [6, 6.07) is -0.445. The van der Waals surface area contributed by atoms with Crippen molar-refractivity contribution in [1.82, 2.24) is 10.2 Å². The topological polar surface area (TPSA) is 58.6 Å². The molecule has 1 unspecified atom stereocenters. The Balaban J connectivity index is 4.62. The standard InChI is InChI=1S/C16H32N2O3/c1-11(2)9-18(10-12(3)4)14(19)8-17-15(13(5)6)16(20)21-7/h11-13,15,17H,8-10H2,1-7H3. The number of carbonyl (C=O) groups is 2. The molecule has 0 bridgehead atoms. The molecule has 1 atom stereocenters. The Hall–Kier alpha value is -1.10. The molecule has 0 heterocycles. The van der Waals surface area contributed by atoms with Gasteiger partial charge in [0.15, 0.2) is 0 Å². The molecular formula is C16H32N2O3. The summed E-state index contributed by atoms with van der Waals surface area (Å²) < 4.78 is 4.77. The minimum atomic E-state index is -0.445. The first-order valence-corrected chi connectivity index (χ1v) is 7.78. The van der Waals surface area contributed by atoms with Crippen LogP contribution in [0.15, 0.2) is 0 Å². The molecule has 0 aliphatic rings. The van der Waals surface area contributed by atoms with Crippen molar-refractivity contribution in [2.75, 3.05) is 26.7 Å². The molecule has 0 saturated heterocycles. The number of nitrogens with one attached hydrogen (secondary N) is 1. The van der Waals surface area contributed by atoms with E-state index in [4.69, 9.17) is 4.74 Å². The molecule has 0 radical (unpaired) electrons. The van der Waals surface area contributed by atoms with Gasteiger partial charge >= 0.3 is 5.97 Å².